The quantitative estimate of drug-likeness (QED) is 0.594. The highest BCUT2D eigenvalue weighted by molar-refractivity contribution is 5.95. The van der Waals surface area contributed by atoms with Gasteiger partial charge in [-0.2, -0.15) is 0 Å². The van der Waals surface area contributed by atoms with Crippen molar-refractivity contribution in [1.82, 2.24) is 14.5 Å². The van der Waals surface area contributed by atoms with Gasteiger partial charge in [0.1, 0.15) is 11.9 Å². The van der Waals surface area contributed by atoms with Crippen LogP contribution < -0.4 is 5.32 Å². The number of hydrogen-bond donors (Lipinski definition) is 1. The van der Waals surface area contributed by atoms with Crippen LogP contribution in [0.4, 0.5) is 10.1 Å². The average molecular weight is 477 g/mol. The molecule has 2 aliphatic heterocycles. The molecule has 0 radical (unpaired) electrons. The highest BCUT2D eigenvalue weighted by Crippen LogP contribution is 2.29. The van der Waals surface area contributed by atoms with Crippen molar-refractivity contribution in [3.05, 3.63) is 83.2 Å². The minimum absolute atomic E-state index is 0.0117. The number of piperidine rings is 1. The van der Waals surface area contributed by atoms with Crippen LogP contribution in [0.5, 0.6) is 0 Å². The number of amides is 2. The van der Waals surface area contributed by atoms with Gasteiger partial charge in [-0.25, -0.2) is 9.37 Å². The van der Waals surface area contributed by atoms with E-state index in [0.29, 0.717) is 38.2 Å². The lowest BCUT2D eigenvalue weighted by Gasteiger charge is -2.31. The van der Waals surface area contributed by atoms with Gasteiger partial charge in [0.15, 0.2) is 5.69 Å². The van der Waals surface area contributed by atoms with Crippen LogP contribution in [-0.2, 0) is 29.1 Å². The molecule has 0 aliphatic carbocycles. The van der Waals surface area contributed by atoms with Crippen molar-refractivity contribution in [2.75, 3.05) is 18.4 Å². The van der Waals surface area contributed by atoms with Gasteiger partial charge >= 0.3 is 0 Å². The maximum absolute atomic E-state index is 13.2. The molecule has 2 aromatic carbocycles. The topological polar surface area (TPSA) is 76.5 Å². The molecule has 0 saturated carbocycles. The fourth-order valence-electron chi connectivity index (χ4n) is 4.86. The summed E-state index contributed by atoms with van der Waals surface area (Å²) in [5.41, 5.74) is 4.02. The number of rotatable bonds is 5. The van der Waals surface area contributed by atoms with Crippen molar-refractivity contribution < 1.29 is 18.7 Å². The van der Waals surface area contributed by atoms with E-state index in [1.807, 2.05) is 28.8 Å². The van der Waals surface area contributed by atoms with Crippen LogP contribution in [0, 0.1) is 11.7 Å². The molecule has 5 rings (SSSR count). The molecule has 3 aromatic rings. The third-order valence-electron chi connectivity index (χ3n) is 6.98. The highest BCUT2D eigenvalue weighted by atomic mass is 19.1. The second-order valence-electron chi connectivity index (χ2n) is 9.11. The van der Waals surface area contributed by atoms with Gasteiger partial charge in [0.05, 0.1) is 25.2 Å². The molecular weight excluding hydrogens is 447 g/mol. The standard InChI is InChI=1S/C27H29FN4O3/c1-2-18-5-3-4-6-22(18)30-26(33)20-11-13-31(14-12-20)27(34)25-23-16-35-24(15-32(23)17-29-25)19-7-9-21(28)10-8-19/h3-10,17,20,24H,2,11-16H2,1H3,(H,30,33). The highest BCUT2D eigenvalue weighted by Gasteiger charge is 2.32. The number of nitrogens with zero attached hydrogens (tertiary/aromatic N) is 3. The summed E-state index contributed by atoms with van der Waals surface area (Å²) in [6.45, 7) is 3.87. The van der Waals surface area contributed by atoms with Crippen LogP contribution in [0.3, 0.4) is 0 Å². The van der Waals surface area contributed by atoms with Gasteiger partial charge in [-0.15, -0.1) is 0 Å². The van der Waals surface area contributed by atoms with Crippen LogP contribution in [0.15, 0.2) is 54.9 Å². The van der Waals surface area contributed by atoms with Crippen LogP contribution in [0.2, 0.25) is 0 Å². The van der Waals surface area contributed by atoms with Crippen molar-refractivity contribution in [2.45, 2.75) is 45.4 Å². The molecule has 1 unspecified atom stereocenters. The average Bonchev–Trinajstić information content (AvgIpc) is 3.32. The van der Waals surface area contributed by atoms with Crippen LogP contribution in [0.1, 0.15) is 53.2 Å². The summed E-state index contributed by atoms with van der Waals surface area (Å²) in [7, 11) is 0. The fourth-order valence-corrected chi connectivity index (χ4v) is 4.86. The first-order valence-electron chi connectivity index (χ1n) is 12.1. The van der Waals surface area contributed by atoms with Crippen molar-refractivity contribution in [1.29, 1.82) is 0 Å². The lowest BCUT2D eigenvalue weighted by atomic mass is 9.95. The Hall–Kier alpha value is -3.52. The monoisotopic (exact) mass is 476 g/mol. The first-order valence-corrected chi connectivity index (χ1v) is 12.1. The van der Waals surface area contributed by atoms with Gasteiger partial charge in [0.25, 0.3) is 5.91 Å². The normalized spacial score (nSPS) is 18.2. The predicted molar refractivity (Wildman–Crippen MR) is 129 cm³/mol. The Morgan fingerprint density at radius 3 is 2.60 bits per heavy atom. The smallest absolute Gasteiger partial charge is 0.274 e. The number of benzene rings is 2. The number of aromatic nitrogens is 2. The molecule has 2 aliphatic rings. The molecule has 2 amide bonds. The number of fused-ring (bicyclic) bond motifs is 1. The Morgan fingerprint density at radius 2 is 1.86 bits per heavy atom. The molecule has 0 bridgehead atoms. The number of aryl methyl sites for hydroxylation is 1. The Labute approximate surface area is 203 Å². The number of carbonyl (C=O) groups is 2. The summed E-state index contributed by atoms with van der Waals surface area (Å²) in [6.07, 6.45) is 3.54. The summed E-state index contributed by atoms with van der Waals surface area (Å²) in [5.74, 6) is -0.525. The molecular formula is C27H29FN4O3. The molecule has 1 fully saturated rings. The summed E-state index contributed by atoms with van der Waals surface area (Å²) >= 11 is 0. The van der Waals surface area contributed by atoms with Crippen molar-refractivity contribution >= 4 is 17.5 Å². The van der Waals surface area contributed by atoms with Crippen LogP contribution >= 0.6 is 0 Å². The summed E-state index contributed by atoms with van der Waals surface area (Å²) in [4.78, 5) is 32.2. The summed E-state index contributed by atoms with van der Waals surface area (Å²) in [6, 6.07) is 14.1. The third kappa shape index (κ3) is 4.84. The first-order chi connectivity index (χ1) is 17.0. The minimum Gasteiger partial charge on any atom is -0.365 e. The van der Waals surface area contributed by atoms with Gasteiger partial charge in [-0.1, -0.05) is 37.3 Å². The van der Waals surface area contributed by atoms with Gasteiger partial charge in [-0.3, -0.25) is 9.59 Å². The third-order valence-corrected chi connectivity index (χ3v) is 6.98. The Morgan fingerprint density at radius 1 is 1.11 bits per heavy atom. The van der Waals surface area contributed by atoms with Crippen molar-refractivity contribution in [3.63, 3.8) is 0 Å². The van der Waals surface area contributed by atoms with E-state index in [4.69, 9.17) is 4.74 Å². The molecule has 1 atom stereocenters. The minimum atomic E-state index is -0.284. The van der Waals surface area contributed by atoms with E-state index >= 15 is 0 Å². The maximum Gasteiger partial charge on any atom is 0.274 e. The number of nitrogens with one attached hydrogen (secondary N) is 1. The number of hydrogen-bond acceptors (Lipinski definition) is 4. The second-order valence-corrected chi connectivity index (χ2v) is 9.11. The molecule has 8 heteroatoms. The Bertz CT molecular complexity index is 1220. The van der Waals surface area contributed by atoms with Gasteiger partial charge < -0.3 is 19.5 Å². The molecule has 1 aromatic heterocycles. The largest absolute Gasteiger partial charge is 0.365 e. The number of carbonyl (C=O) groups excluding carboxylic acids is 2. The number of anilines is 1. The van der Waals surface area contributed by atoms with Crippen LogP contribution in [-0.4, -0.2) is 39.4 Å². The van der Waals surface area contributed by atoms with Crippen molar-refractivity contribution in [3.8, 4) is 0 Å². The molecule has 1 N–H and O–H groups in total. The number of likely N-dealkylation sites (tertiary alicyclic amines) is 1. The fraction of sp³-hybridized carbons (Fsp3) is 0.370. The zero-order valence-corrected chi connectivity index (χ0v) is 19.7. The Kier molecular flexibility index (Phi) is 6.63. The number of ether oxygens (including phenoxy) is 1. The van der Waals surface area contributed by atoms with Gasteiger partial charge in [-0.05, 0) is 48.6 Å². The number of para-hydroxylation sites is 1. The van der Waals surface area contributed by atoms with E-state index in [2.05, 4.69) is 17.2 Å². The zero-order valence-electron chi connectivity index (χ0n) is 19.7. The predicted octanol–water partition coefficient (Wildman–Crippen LogP) is 4.35. The Balaban J connectivity index is 1.19. The van der Waals surface area contributed by atoms with E-state index in [0.717, 1.165) is 28.9 Å². The zero-order chi connectivity index (χ0) is 24.4. The molecule has 35 heavy (non-hydrogen) atoms. The number of imidazole rings is 1. The van der Waals surface area contributed by atoms with E-state index in [-0.39, 0.29) is 36.3 Å². The van der Waals surface area contributed by atoms with E-state index in [1.54, 1.807) is 23.4 Å². The SMILES string of the molecule is CCc1ccccc1NC(=O)C1CCN(C(=O)c2ncn3c2COC(c2ccc(F)cc2)C3)CC1. The van der Waals surface area contributed by atoms with E-state index in [9.17, 15) is 14.0 Å². The van der Waals surface area contributed by atoms with E-state index in [1.165, 1.54) is 12.1 Å². The molecule has 0 spiro atoms. The molecule has 7 nitrogen and oxygen atoms in total. The number of halogens is 1. The summed E-state index contributed by atoms with van der Waals surface area (Å²) in [5, 5.41) is 3.07. The lowest BCUT2D eigenvalue weighted by Crippen LogP contribution is -2.42. The summed E-state index contributed by atoms with van der Waals surface area (Å²) < 4.78 is 21.2. The lowest BCUT2D eigenvalue weighted by molar-refractivity contribution is -0.121. The van der Waals surface area contributed by atoms with Crippen molar-refractivity contribution in [2.24, 2.45) is 5.92 Å². The van der Waals surface area contributed by atoms with Gasteiger partial charge in [0, 0.05) is 24.7 Å². The molecule has 182 valence electrons. The molecule has 1 saturated heterocycles. The van der Waals surface area contributed by atoms with Gasteiger partial charge in [0.2, 0.25) is 5.91 Å². The maximum atomic E-state index is 13.2. The first kappa shape index (κ1) is 23.2. The van der Waals surface area contributed by atoms with Crippen LogP contribution in [0.25, 0.3) is 0 Å². The van der Waals surface area contributed by atoms with E-state index < -0.39 is 0 Å². The second kappa shape index (κ2) is 10.00. The molecule has 3 heterocycles.